The smallest absolute Gasteiger partial charge is 0.255 e. The second-order valence-electron chi connectivity index (χ2n) is 6.13. The van der Waals surface area contributed by atoms with Crippen molar-refractivity contribution in [1.82, 2.24) is 20.1 Å². The summed E-state index contributed by atoms with van der Waals surface area (Å²) in [7, 11) is -2.99. The van der Waals surface area contributed by atoms with E-state index in [0.29, 0.717) is 17.7 Å². The lowest BCUT2D eigenvalue weighted by Gasteiger charge is -2.14. The molecule has 0 spiro atoms. The maximum absolute atomic E-state index is 12.5. The van der Waals surface area contributed by atoms with Crippen LogP contribution in [-0.4, -0.2) is 40.6 Å². The summed E-state index contributed by atoms with van der Waals surface area (Å²) in [5, 5.41) is 7.17. The molecule has 0 unspecified atom stereocenters. The number of sulfone groups is 1. The zero-order valence-corrected chi connectivity index (χ0v) is 14.5. The molecule has 1 aliphatic rings. The van der Waals surface area contributed by atoms with Crippen molar-refractivity contribution < 1.29 is 13.2 Å². The highest BCUT2D eigenvalue weighted by atomic mass is 32.2. The van der Waals surface area contributed by atoms with Crippen LogP contribution in [0.15, 0.2) is 30.7 Å². The van der Waals surface area contributed by atoms with Gasteiger partial charge in [-0.25, -0.2) is 8.42 Å². The lowest BCUT2D eigenvalue weighted by molar-refractivity contribution is 0.0939. The number of carbonyl (C=O) groups excluding carboxylic acids is 1. The second-order valence-corrected chi connectivity index (χ2v) is 8.36. The normalized spacial score (nSPS) is 20.7. The van der Waals surface area contributed by atoms with Gasteiger partial charge in [0.25, 0.3) is 5.91 Å². The quantitative estimate of drug-likeness (QED) is 0.902. The molecule has 128 valence electrons. The summed E-state index contributed by atoms with van der Waals surface area (Å²) in [6, 6.07) is 3.35. The molecule has 8 heteroatoms. The Bertz CT molecular complexity index is 845. The molecule has 0 aliphatic carbocycles. The molecule has 3 rings (SSSR count). The van der Waals surface area contributed by atoms with Crippen LogP contribution in [0.3, 0.4) is 0 Å². The largest absolute Gasteiger partial charge is 0.345 e. The van der Waals surface area contributed by atoms with Gasteiger partial charge in [0.2, 0.25) is 0 Å². The van der Waals surface area contributed by atoms with Gasteiger partial charge in [0.15, 0.2) is 9.84 Å². The molecule has 7 nitrogen and oxygen atoms in total. The van der Waals surface area contributed by atoms with E-state index in [2.05, 4.69) is 15.4 Å². The lowest BCUT2D eigenvalue weighted by Crippen LogP contribution is -2.27. The molecule has 0 radical (unpaired) electrons. The minimum atomic E-state index is -2.99. The third-order valence-electron chi connectivity index (χ3n) is 4.38. The van der Waals surface area contributed by atoms with Crippen LogP contribution in [0.25, 0.3) is 0 Å². The number of nitrogens with one attached hydrogen (secondary N) is 1. The van der Waals surface area contributed by atoms with Crippen LogP contribution in [0.2, 0.25) is 0 Å². The fourth-order valence-electron chi connectivity index (χ4n) is 2.97. The number of amides is 1. The molecule has 0 saturated carbocycles. The molecule has 2 aromatic rings. The van der Waals surface area contributed by atoms with Crippen LogP contribution in [0.1, 0.15) is 47.0 Å². The molecule has 1 N–H and O–H groups in total. The summed E-state index contributed by atoms with van der Waals surface area (Å²) >= 11 is 0. The number of hydrogen-bond donors (Lipinski definition) is 1. The average Bonchev–Trinajstić information content (AvgIpc) is 3.10. The first kappa shape index (κ1) is 16.6. The first-order valence-electron chi connectivity index (χ1n) is 7.83. The molecule has 0 bridgehead atoms. The van der Waals surface area contributed by atoms with Gasteiger partial charge in [-0.05, 0) is 31.9 Å². The highest BCUT2D eigenvalue weighted by molar-refractivity contribution is 7.91. The van der Waals surface area contributed by atoms with Crippen molar-refractivity contribution in [3.63, 3.8) is 0 Å². The summed E-state index contributed by atoms with van der Waals surface area (Å²) in [5.74, 6) is 0.0371. The maximum Gasteiger partial charge on any atom is 0.255 e. The monoisotopic (exact) mass is 348 g/mol. The van der Waals surface area contributed by atoms with Gasteiger partial charge < -0.3 is 5.32 Å². The zero-order valence-electron chi connectivity index (χ0n) is 13.6. The Morgan fingerprint density at radius 3 is 2.83 bits per heavy atom. The van der Waals surface area contributed by atoms with Crippen molar-refractivity contribution in [1.29, 1.82) is 0 Å². The highest BCUT2D eigenvalue weighted by Gasteiger charge is 2.31. The van der Waals surface area contributed by atoms with Gasteiger partial charge >= 0.3 is 0 Å². The molecule has 1 fully saturated rings. The predicted octanol–water partition coefficient (Wildman–Crippen LogP) is 1.44. The van der Waals surface area contributed by atoms with Crippen LogP contribution in [0.5, 0.6) is 0 Å². The van der Waals surface area contributed by atoms with Gasteiger partial charge in [0.05, 0.1) is 35.3 Å². The van der Waals surface area contributed by atoms with Gasteiger partial charge in [-0.2, -0.15) is 5.10 Å². The van der Waals surface area contributed by atoms with Crippen LogP contribution in [-0.2, 0) is 9.84 Å². The van der Waals surface area contributed by atoms with Gasteiger partial charge in [-0.15, -0.1) is 0 Å². The van der Waals surface area contributed by atoms with E-state index >= 15 is 0 Å². The van der Waals surface area contributed by atoms with Crippen LogP contribution < -0.4 is 5.32 Å². The van der Waals surface area contributed by atoms with Gasteiger partial charge in [0, 0.05) is 18.1 Å². The topological polar surface area (TPSA) is 93.9 Å². The van der Waals surface area contributed by atoms with E-state index in [9.17, 15) is 13.2 Å². The average molecular weight is 348 g/mol. The summed E-state index contributed by atoms with van der Waals surface area (Å²) in [6.45, 7) is 3.68. The van der Waals surface area contributed by atoms with Gasteiger partial charge in [-0.1, -0.05) is 6.07 Å². The minimum Gasteiger partial charge on any atom is -0.345 e. The van der Waals surface area contributed by atoms with E-state index in [1.165, 1.54) is 6.20 Å². The molecular weight excluding hydrogens is 328 g/mol. The van der Waals surface area contributed by atoms with E-state index in [-0.39, 0.29) is 29.5 Å². The van der Waals surface area contributed by atoms with Gasteiger partial charge in [-0.3, -0.25) is 14.5 Å². The molecule has 1 saturated heterocycles. The first-order chi connectivity index (χ1) is 11.4. The number of pyridine rings is 1. The van der Waals surface area contributed by atoms with E-state index in [4.69, 9.17) is 0 Å². The Hall–Kier alpha value is -2.22. The molecule has 2 atom stereocenters. The van der Waals surface area contributed by atoms with Crippen molar-refractivity contribution in [3.8, 4) is 0 Å². The van der Waals surface area contributed by atoms with Crippen molar-refractivity contribution in [2.75, 3.05) is 11.5 Å². The highest BCUT2D eigenvalue weighted by Crippen LogP contribution is 2.25. The Balaban J connectivity index is 1.75. The molecule has 1 aliphatic heterocycles. The predicted molar refractivity (Wildman–Crippen MR) is 89.4 cm³/mol. The first-order valence-corrected chi connectivity index (χ1v) is 9.65. The Morgan fingerprint density at radius 2 is 2.21 bits per heavy atom. The molecule has 1 amide bonds. The fraction of sp³-hybridized carbons (Fsp3) is 0.438. The third kappa shape index (κ3) is 3.33. The van der Waals surface area contributed by atoms with E-state index in [1.54, 1.807) is 24.0 Å². The van der Waals surface area contributed by atoms with Crippen molar-refractivity contribution in [3.05, 3.63) is 47.5 Å². The molecular formula is C16H20N4O3S. The van der Waals surface area contributed by atoms with Crippen LogP contribution >= 0.6 is 0 Å². The van der Waals surface area contributed by atoms with Crippen LogP contribution in [0, 0.1) is 6.92 Å². The minimum absolute atomic E-state index is 0.0860. The van der Waals surface area contributed by atoms with Gasteiger partial charge in [0.1, 0.15) is 0 Å². The number of rotatable bonds is 4. The van der Waals surface area contributed by atoms with Crippen LogP contribution in [0.4, 0.5) is 0 Å². The lowest BCUT2D eigenvalue weighted by atomic mass is 10.1. The Kier molecular flexibility index (Phi) is 4.40. The summed E-state index contributed by atoms with van der Waals surface area (Å²) in [5.41, 5.74) is 2.07. The molecule has 0 aromatic carbocycles. The number of nitrogens with zero attached hydrogens (tertiary/aromatic N) is 3. The van der Waals surface area contributed by atoms with Crippen molar-refractivity contribution in [2.45, 2.75) is 32.4 Å². The van der Waals surface area contributed by atoms with Crippen molar-refractivity contribution >= 4 is 15.7 Å². The zero-order chi connectivity index (χ0) is 17.3. The summed E-state index contributed by atoms with van der Waals surface area (Å²) in [6.07, 6.45) is 5.44. The van der Waals surface area contributed by atoms with E-state index in [1.807, 2.05) is 19.1 Å². The third-order valence-corrected chi connectivity index (χ3v) is 6.13. The summed E-state index contributed by atoms with van der Waals surface area (Å²) in [4.78, 5) is 16.6. The molecule has 2 aromatic heterocycles. The van der Waals surface area contributed by atoms with Crippen molar-refractivity contribution in [2.24, 2.45) is 0 Å². The number of carbonyl (C=O) groups is 1. The maximum atomic E-state index is 12.5. The molecule has 3 heterocycles. The second kappa shape index (κ2) is 6.35. The standard InChI is InChI=1S/C16H20N4O3S/c1-11(13-4-3-6-17-8-13)19-16(21)15-9-18-20(12(15)2)14-5-7-24(22,23)10-14/h3-4,6,8-9,11,14H,5,7,10H2,1-2H3,(H,19,21)/t11-,14-/m1/s1. The fourth-order valence-corrected chi connectivity index (χ4v) is 4.66. The number of aromatic nitrogens is 3. The Labute approximate surface area is 141 Å². The van der Waals surface area contributed by atoms with E-state index < -0.39 is 9.84 Å². The summed E-state index contributed by atoms with van der Waals surface area (Å²) < 4.78 is 24.9. The molecule has 24 heavy (non-hydrogen) atoms. The Morgan fingerprint density at radius 1 is 1.42 bits per heavy atom. The SMILES string of the molecule is Cc1c(C(=O)N[C@H](C)c2cccnc2)cnn1[C@@H]1CCS(=O)(=O)C1. The van der Waals surface area contributed by atoms with E-state index in [0.717, 1.165) is 5.56 Å². The number of hydrogen-bond acceptors (Lipinski definition) is 5.